The van der Waals surface area contributed by atoms with Crippen molar-refractivity contribution in [2.45, 2.75) is 13.8 Å². The number of hydrogen-bond donors (Lipinski definition) is 0. The number of hydrogen-bond acceptors (Lipinski definition) is 4. The third kappa shape index (κ3) is 3.58. The van der Waals surface area contributed by atoms with Crippen LogP contribution < -0.4 is 0 Å². The molecule has 0 saturated carbocycles. The number of nitro benzene ring substituents is 1. The molecule has 0 radical (unpaired) electrons. The third-order valence-electron chi connectivity index (χ3n) is 3.83. The molecule has 0 spiro atoms. The molecule has 0 fully saturated rings. The van der Waals surface area contributed by atoms with Crippen molar-refractivity contribution in [2.24, 2.45) is 0 Å². The first-order valence-corrected chi connectivity index (χ1v) is 7.53. The predicted molar refractivity (Wildman–Crippen MR) is 94.2 cm³/mol. The summed E-state index contributed by atoms with van der Waals surface area (Å²) in [6.45, 7) is 3.70. The Bertz CT molecular complexity index is 917. The fourth-order valence-corrected chi connectivity index (χ4v) is 2.61. The minimum absolute atomic E-state index is 0.00240. The van der Waals surface area contributed by atoms with Gasteiger partial charge in [0.15, 0.2) is 0 Å². The lowest BCUT2D eigenvalue weighted by Crippen LogP contribution is -2.22. The molecule has 1 heterocycles. The highest BCUT2D eigenvalue weighted by Crippen LogP contribution is 2.25. The number of aryl methyl sites for hydroxylation is 1. The second-order valence-corrected chi connectivity index (χ2v) is 5.81. The van der Waals surface area contributed by atoms with Crippen LogP contribution in [0.1, 0.15) is 17.0 Å². The molecule has 0 unspecified atom stereocenters. The van der Waals surface area contributed by atoms with Crippen LogP contribution >= 0.6 is 0 Å². The average Bonchev–Trinajstić information content (AvgIpc) is 2.85. The number of likely N-dealkylation sites (N-methyl/N-ethyl adjacent to an activating group) is 1. The zero-order valence-corrected chi connectivity index (χ0v) is 14.5. The van der Waals surface area contributed by atoms with E-state index in [1.807, 2.05) is 30.6 Å². The summed E-state index contributed by atoms with van der Waals surface area (Å²) in [5, 5.41) is 20.2. The van der Waals surface area contributed by atoms with Crippen molar-refractivity contribution in [3.05, 3.63) is 63.0 Å². The Kier molecular flexibility index (Phi) is 5.03. The molecule has 7 nitrogen and oxygen atoms in total. The summed E-state index contributed by atoms with van der Waals surface area (Å²) in [5.41, 5.74) is 3.04. The van der Waals surface area contributed by atoms with E-state index in [2.05, 4.69) is 0 Å². The van der Waals surface area contributed by atoms with Crippen molar-refractivity contribution in [3.8, 4) is 11.8 Å². The lowest BCUT2D eigenvalue weighted by molar-refractivity contribution is -0.384. The third-order valence-corrected chi connectivity index (χ3v) is 3.83. The minimum atomic E-state index is -0.442. The molecule has 128 valence electrons. The molecule has 0 atom stereocenters. The molecule has 2 rings (SSSR count). The van der Waals surface area contributed by atoms with Gasteiger partial charge in [-0.3, -0.25) is 14.9 Å². The lowest BCUT2D eigenvalue weighted by Gasteiger charge is -2.10. The monoisotopic (exact) mass is 338 g/mol. The fourth-order valence-electron chi connectivity index (χ4n) is 2.61. The Morgan fingerprint density at radius 3 is 2.56 bits per heavy atom. The Labute approximate surface area is 145 Å². The van der Waals surface area contributed by atoms with Crippen molar-refractivity contribution >= 4 is 17.7 Å². The number of rotatable bonds is 4. The van der Waals surface area contributed by atoms with Gasteiger partial charge in [-0.15, -0.1) is 0 Å². The van der Waals surface area contributed by atoms with Gasteiger partial charge in [-0.2, -0.15) is 5.26 Å². The number of non-ortho nitro benzene ring substituents is 1. The number of carbonyl (C=O) groups excluding carboxylic acids is 1. The maximum absolute atomic E-state index is 12.0. The fraction of sp³-hybridized carbons (Fsp3) is 0.222. The first-order chi connectivity index (χ1) is 11.8. The van der Waals surface area contributed by atoms with Crippen LogP contribution in [-0.2, 0) is 4.79 Å². The summed E-state index contributed by atoms with van der Waals surface area (Å²) in [4.78, 5) is 23.9. The molecule has 2 aromatic rings. The van der Waals surface area contributed by atoms with Gasteiger partial charge < -0.3 is 9.47 Å². The molecule has 0 saturated heterocycles. The molecule has 1 aromatic heterocycles. The van der Waals surface area contributed by atoms with Crippen LogP contribution in [0, 0.1) is 35.3 Å². The Balaban J connectivity index is 2.56. The molecule has 0 N–H and O–H groups in total. The van der Waals surface area contributed by atoms with Crippen molar-refractivity contribution in [1.82, 2.24) is 9.47 Å². The molecule has 0 aliphatic heterocycles. The number of benzene rings is 1. The smallest absolute Gasteiger partial charge is 0.271 e. The van der Waals surface area contributed by atoms with Crippen LogP contribution in [0.25, 0.3) is 11.8 Å². The summed E-state index contributed by atoms with van der Waals surface area (Å²) >= 11 is 0. The van der Waals surface area contributed by atoms with Crippen molar-refractivity contribution in [3.63, 3.8) is 0 Å². The summed E-state index contributed by atoms with van der Waals surface area (Å²) in [5.74, 6) is -0.373. The standard InChI is InChI=1S/C18H18N4O3/c1-12-8-14(9-15(11-19)18(23)20(3)4)13(2)21(12)16-6-5-7-17(10-16)22(24)25/h5-10H,1-4H3/b15-9-. The molecule has 0 bridgehead atoms. The van der Waals surface area contributed by atoms with Crippen LogP contribution in [0.2, 0.25) is 0 Å². The SMILES string of the molecule is Cc1cc(/C=C(/C#N)C(=O)N(C)C)c(C)n1-c1cccc([N+](=O)[O-])c1. The molecule has 0 aliphatic rings. The van der Waals surface area contributed by atoms with E-state index in [0.29, 0.717) is 5.69 Å². The number of nitro groups is 1. The van der Waals surface area contributed by atoms with Gasteiger partial charge in [0.1, 0.15) is 11.6 Å². The number of carbonyl (C=O) groups is 1. The second kappa shape index (κ2) is 7.01. The quantitative estimate of drug-likeness (QED) is 0.371. The second-order valence-electron chi connectivity index (χ2n) is 5.81. The Hall–Kier alpha value is -3.40. The summed E-state index contributed by atoms with van der Waals surface area (Å²) in [6, 6.07) is 10.1. The highest BCUT2D eigenvalue weighted by Gasteiger charge is 2.16. The first kappa shape index (κ1) is 17.9. The first-order valence-electron chi connectivity index (χ1n) is 7.53. The molecule has 0 aliphatic carbocycles. The zero-order chi connectivity index (χ0) is 18.7. The van der Waals surface area contributed by atoms with Crippen molar-refractivity contribution in [1.29, 1.82) is 5.26 Å². The lowest BCUT2D eigenvalue weighted by atomic mass is 10.1. The Morgan fingerprint density at radius 1 is 1.32 bits per heavy atom. The summed E-state index contributed by atoms with van der Waals surface area (Å²) in [7, 11) is 3.17. The van der Waals surface area contributed by atoms with E-state index >= 15 is 0 Å². The minimum Gasteiger partial charge on any atom is -0.344 e. The van der Waals surface area contributed by atoms with E-state index in [9.17, 15) is 20.2 Å². The summed E-state index contributed by atoms with van der Waals surface area (Å²) < 4.78 is 1.86. The van der Waals surface area contributed by atoms with Crippen LogP contribution in [-0.4, -0.2) is 34.4 Å². The highest BCUT2D eigenvalue weighted by molar-refractivity contribution is 6.01. The molecule has 7 heteroatoms. The van der Waals surface area contributed by atoms with Gasteiger partial charge in [0, 0.05) is 37.6 Å². The largest absolute Gasteiger partial charge is 0.344 e. The van der Waals surface area contributed by atoms with E-state index in [0.717, 1.165) is 17.0 Å². The maximum atomic E-state index is 12.0. The van der Waals surface area contributed by atoms with Gasteiger partial charge in [0.25, 0.3) is 11.6 Å². The van der Waals surface area contributed by atoms with Crippen LogP contribution in [0.3, 0.4) is 0 Å². The molecule has 25 heavy (non-hydrogen) atoms. The molecular formula is C18H18N4O3. The summed E-state index contributed by atoms with van der Waals surface area (Å²) in [6.07, 6.45) is 1.54. The van der Waals surface area contributed by atoms with E-state index < -0.39 is 4.92 Å². The van der Waals surface area contributed by atoms with E-state index in [4.69, 9.17) is 0 Å². The molecule has 1 aromatic carbocycles. The number of nitriles is 1. The molecular weight excluding hydrogens is 320 g/mol. The Morgan fingerprint density at radius 2 is 2.00 bits per heavy atom. The van der Waals surface area contributed by atoms with Crippen molar-refractivity contribution in [2.75, 3.05) is 14.1 Å². The van der Waals surface area contributed by atoms with E-state index in [1.54, 1.807) is 32.3 Å². The topological polar surface area (TPSA) is 92.2 Å². The normalized spacial score (nSPS) is 11.1. The van der Waals surface area contributed by atoms with Crippen LogP contribution in [0.5, 0.6) is 0 Å². The van der Waals surface area contributed by atoms with Crippen LogP contribution in [0.15, 0.2) is 35.9 Å². The van der Waals surface area contributed by atoms with Gasteiger partial charge >= 0.3 is 0 Å². The van der Waals surface area contributed by atoms with E-state index in [1.165, 1.54) is 17.0 Å². The van der Waals surface area contributed by atoms with Gasteiger partial charge in [-0.05, 0) is 37.6 Å². The van der Waals surface area contributed by atoms with Gasteiger partial charge in [0.05, 0.1) is 10.6 Å². The highest BCUT2D eigenvalue weighted by atomic mass is 16.6. The van der Waals surface area contributed by atoms with Gasteiger partial charge in [-0.25, -0.2) is 0 Å². The predicted octanol–water partition coefficient (Wildman–Crippen LogP) is 3.00. The van der Waals surface area contributed by atoms with Gasteiger partial charge in [0.2, 0.25) is 0 Å². The number of amides is 1. The maximum Gasteiger partial charge on any atom is 0.271 e. The van der Waals surface area contributed by atoms with E-state index in [-0.39, 0.29) is 17.2 Å². The van der Waals surface area contributed by atoms with Crippen LogP contribution in [0.4, 0.5) is 5.69 Å². The zero-order valence-electron chi connectivity index (χ0n) is 14.5. The average molecular weight is 338 g/mol. The van der Waals surface area contributed by atoms with Crippen molar-refractivity contribution < 1.29 is 9.72 Å². The number of nitrogens with zero attached hydrogens (tertiary/aromatic N) is 4. The number of aromatic nitrogens is 1. The van der Waals surface area contributed by atoms with Gasteiger partial charge in [-0.1, -0.05) is 6.07 Å². The molecule has 1 amide bonds.